The first-order valence-corrected chi connectivity index (χ1v) is 7.98. The first-order chi connectivity index (χ1) is 8.65. The van der Waals surface area contributed by atoms with Crippen LogP contribution in [0.5, 0.6) is 0 Å². The smallest absolute Gasteiger partial charge is 0.255 e. The van der Waals surface area contributed by atoms with Gasteiger partial charge in [-0.3, -0.25) is 4.79 Å². The van der Waals surface area contributed by atoms with Crippen LogP contribution in [0.2, 0.25) is 0 Å². The van der Waals surface area contributed by atoms with Gasteiger partial charge in [-0.15, -0.1) is 0 Å². The third-order valence-electron chi connectivity index (χ3n) is 4.18. The largest absolute Gasteiger partial charge is 0.338 e. The van der Waals surface area contributed by atoms with Crippen molar-refractivity contribution in [2.24, 2.45) is 11.8 Å². The molecule has 1 aliphatic heterocycles. The summed E-state index contributed by atoms with van der Waals surface area (Å²) in [5, 5.41) is 0. The molecule has 1 amide bonds. The van der Waals surface area contributed by atoms with E-state index in [0.717, 1.165) is 39.4 Å². The number of rotatable bonds is 1. The number of carbonyl (C=O) groups excluding carboxylic acids is 1. The zero-order valence-electron chi connectivity index (χ0n) is 10.0. The van der Waals surface area contributed by atoms with E-state index in [1.807, 2.05) is 23.1 Å². The molecule has 2 aliphatic rings. The van der Waals surface area contributed by atoms with Crippen LogP contribution in [0, 0.1) is 11.8 Å². The Morgan fingerprint density at radius 1 is 1.17 bits per heavy atom. The quantitative estimate of drug-likeness (QED) is 0.727. The van der Waals surface area contributed by atoms with Crippen LogP contribution in [0.25, 0.3) is 0 Å². The molecule has 3 rings (SSSR count). The fourth-order valence-electron chi connectivity index (χ4n) is 3.23. The number of hydrogen-bond donors (Lipinski definition) is 0. The molecular formula is C14H15Br2NO. The number of nitrogens with zero attached hydrogens (tertiary/aromatic N) is 1. The van der Waals surface area contributed by atoms with Crippen molar-refractivity contribution < 1.29 is 4.79 Å². The summed E-state index contributed by atoms with van der Waals surface area (Å²) >= 11 is 6.89. The molecule has 4 heteroatoms. The van der Waals surface area contributed by atoms with Crippen LogP contribution < -0.4 is 0 Å². The van der Waals surface area contributed by atoms with Crippen LogP contribution in [0.1, 0.15) is 29.6 Å². The normalized spacial score (nSPS) is 26.4. The Balaban J connectivity index is 1.79. The van der Waals surface area contributed by atoms with Crippen LogP contribution in [0.4, 0.5) is 0 Å². The Hall–Kier alpha value is -0.350. The van der Waals surface area contributed by atoms with Crippen molar-refractivity contribution in [2.45, 2.75) is 19.3 Å². The minimum absolute atomic E-state index is 0.170. The average molecular weight is 373 g/mol. The van der Waals surface area contributed by atoms with Gasteiger partial charge in [-0.05, 0) is 58.8 Å². The van der Waals surface area contributed by atoms with Crippen LogP contribution in [-0.4, -0.2) is 23.9 Å². The van der Waals surface area contributed by atoms with Crippen molar-refractivity contribution in [2.75, 3.05) is 13.1 Å². The number of hydrogen-bond acceptors (Lipinski definition) is 1. The maximum atomic E-state index is 12.5. The molecule has 1 saturated carbocycles. The fraction of sp³-hybridized carbons (Fsp3) is 0.500. The molecule has 1 aromatic carbocycles. The predicted molar refractivity (Wildman–Crippen MR) is 78.6 cm³/mol. The van der Waals surface area contributed by atoms with E-state index in [9.17, 15) is 4.79 Å². The van der Waals surface area contributed by atoms with Gasteiger partial charge in [-0.1, -0.05) is 22.4 Å². The number of halogens is 2. The highest BCUT2D eigenvalue weighted by Crippen LogP contribution is 2.38. The van der Waals surface area contributed by atoms with Gasteiger partial charge in [-0.2, -0.15) is 0 Å². The van der Waals surface area contributed by atoms with Gasteiger partial charge in [0.1, 0.15) is 0 Å². The van der Waals surface area contributed by atoms with Gasteiger partial charge in [0.25, 0.3) is 5.91 Å². The summed E-state index contributed by atoms with van der Waals surface area (Å²) in [6.45, 7) is 1.90. The Kier molecular flexibility index (Phi) is 3.50. The molecule has 0 spiro atoms. The third kappa shape index (κ3) is 2.25. The molecule has 2 fully saturated rings. The van der Waals surface area contributed by atoms with Crippen molar-refractivity contribution in [1.82, 2.24) is 4.90 Å². The van der Waals surface area contributed by atoms with Gasteiger partial charge in [0.15, 0.2) is 0 Å². The molecule has 1 saturated heterocycles. The molecule has 0 radical (unpaired) electrons. The van der Waals surface area contributed by atoms with Gasteiger partial charge >= 0.3 is 0 Å². The van der Waals surface area contributed by atoms with E-state index in [4.69, 9.17) is 0 Å². The predicted octanol–water partition coefficient (Wildman–Crippen LogP) is 4.08. The van der Waals surface area contributed by atoms with Crippen molar-refractivity contribution >= 4 is 37.8 Å². The molecule has 1 heterocycles. The summed E-state index contributed by atoms with van der Waals surface area (Å²) in [5.74, 6) is 1.68. The maximum Gasteiger partial charge on any atom is 0.255 e. The third-order valence-corrected chi connectivity index (χ3v) is 5.32. The second-order valence-electron chi connectivity index (χ2n) is 5.29. The zero-order chi connectivity index (χ0) is 12.7. The topological polar surface area (TPSA) is 20.3 Å². The highest BCUT2D eigenvalue weighted by Gasteiger charge is 2.38. The van der Waals surface area contributed by atoms with Crippen LogP contribution >= 0.6 is 31.9 Å². The standard InChI is InChI=1S/C14H15Br2NO/c15-11-4-5-12(13(16)6-11)14(18)17-7-9-2-1-3-10(9)8-17/h4-6,9-10H,1-3,7-8H2. The lowest BCUT2D eigenvalue weighted by Crippen LogP contribution is -2.29. The summed E-state index contributed by atoms with van der Waals surface area (Å²) in [5.41, 5.74) is 0.776. The molecule has 1 aliphatic carbocycles. The molecule has 0 aromatic heterocycles. The Morgan fingerprint density at radius 3 is 2.44 bits per heavy atom. The van der Waals surface area contributed by atoms with Crippen LogP contribution in [0.15, 0.2) is 27.1 Å². The van der Waals surface area contributed by atoms with Crippen molar-refractivity contribution in [3.63, 3.8) is 0 Å². The number of likely N-dealkylation sites (tertiary alicyclic amines) is 1. The highest BCUT2D eigenvalue weighted by molar-refractivity contribution is 9.11. The van der Waals surface area contributed by atoms with Crippen molar-refractivity contribution in [3.05, 3.63) is 32.7 Å². The molecule has 1 aromatic rings. The van der Waals surface area contributed by atoms with Gasteiger partial charge in [0.05, 0.1) is 5.56 Å². The SMILES string of the molecule is O=C(c1ccc(Br)cc1Br)N1CC2CCCC2C1. The second-order valence-corrected chi connectivity index (χ2v) is 7.06. The maximum absolute atomic E-state index is 12.5. The molecule has 96 valence electrons. The zero-order valence-corrected chi connectivity index (χ0v) is 13.2. The highest BCUT2D eigenvalue weighted by atomic mass is 79.9. The number of carbonyl (C=O) groups is 1. The minimum Gasteiger partial charge on any atom is -0.338 e. The molecule has 0 bridgehead atoms. The summed E-state index contributed by atoms with van der Waals surface area (Å²) < 4.78 is 1.86. The van der Waals surface area contributed by atoms with Gasteiger partial charge in [0.2, 0.25) is 0 Å². The van der Waals surface area contributed by atoms with E-state index in [0.29, 0.717) is 0 Å². The fourth-order valence-corrected chi connectivity index (χ4v) is 4.45. The minimum atomic E-state index is 0.170. The van der Waals surface area contributed by atoms with E-state index >= 15 is 0 Å². The second kappa shape index (κ2) is 4.97. The number of amides is 1. The summed E-state index contributed by atoms with van der Waals surface area (Å²) in [7, 11) is 0. The number of benzene rings is 1. The van der Waals surface area contributed by atoms with Crippen LogP contribution in [-0.2, 0) is 0 Å². The van der Waals surface area contributed by atoms with Gasteiger partial charge < -0.3 is 4.90 Å². The summed E-state index contributed by atoms with van der Waals surface area (Å²) in [6, 6.07) is 5.75. The molecule has 2 atom stereocenters. The lowest BCUT2D eigenvalue weighted by molar-refractivity contribution is 0.0780. The monoisotopic (exact) mass is 371 g/mol. The Morgan fingerprint density at radius 2 is 1.83 bits per heavy atom. The molecule has 0 N–H and O–H groups in total. The van der Waals surface area contributed by atoms with Crippen LogP contribution in [0.3, 0.4) is 0 Å². The molecule has 2 unspecified atom stereocenters. The van der Waals surface area contributed by atoms with E-state index < -0.39 is 0 Å². The lowest BCUT2D eigenvalue weighted by Gasteiger charge is -2.18. The van der Waals surface area contributed by atoms with E-state index in [2.05, 4.69) is 31.9 Å². The molecule has 2 nitrogen and oxygen atoms in total. The average Bonchev–Trinajstić information content (AvgIpc) is 2.87. The first kappa shape index (κ1) is 12.7. The summed E-state index contributed by atoms with van der Waals surface area (Å²) in [4.78, 5) is 14.5. The first-order valence-electron chi connectivity index (χ1n) is 6.39. The van der Waals surface area contributed by atoms with Crippen molar-refractivity contribution in [3.8, 4) is 0 Å². The van der Waals surface area contributed by atoms with E-state index in [1.54, 1.807) is 0 Å². The lowest BCUT2D eigenvalue weighted by atomic mass is 10.0. The Bertz CT molecular complexity index is 477. The number of fused-ring (bicyclic) bond motifs is 1. The van der Waals surface area contributed by atoms with Gasteiger partial charge in [-0.25, -0.2) is 0 Å². The summed E-state index contributed by atoms with van der Waals surface area (Å²) in [6.07, 6.45) is 3.95. The Labute approximate surface area is 124 Å². The van der Waals surface area contributed by atoms with Crippen molar-refractivity contribution in [1.29, 1.82) is 0 Å². The van der Waals surface area contributed by atoms with Gasteiger partial charge in [0, 0.05) is 22.0 Å². The van der Waals surface area contributed by atoms with E-state index in [1.165, 1.54) is 19.3 Å². The van der Waals surface area contributed by atoms with E-state index in [-0.39, 0.29) is 5.91 Å². The molecule has 18 heavy (non-hydrogen) atoms. The molecular weight excluding hydrogens is 358 g/mol.